The van der Waals surface area contributed by atoms with E-state index in [1.54, 1.807) is 30.3 Å². The molecule has 0 unspecified atom stereocenters. The Kier molecular flexibility index (Phi) is 4.15. The highest BCUT2D eigenvalue weighted by atomic mass is 35.5. The molecule has 0 heterocycles. The molecule has 0 aliphatic heterocycles. The quantitative estimate of drug-likeness (QED) is 0.908. The minimum absolute atomic E-state index is 0.0662. The van der Waals surface area contributed by atoms with E-state index in [1.165, 1.54) is 13.2 Å². The van der Waals surface area contributed by atoms with Gasteiger partial charge in [-0.1, -0.05) is 17.7 Å². The van der Waals surface area contributed by atoms with Gasteiger partial charge in [-0.2, -0.15) is 0 Å². The summed E-state index contributed by atoms with van der Waals surface area (Å²) in [5, 5.41) is 13.0. The van der Waals surface area contributed by atoms with Crippen molar-refractivity contribution in [1.29, 1.82) is 0 Å². The minimum Gasteiger partial charge on any atom is -0.507 e. The number of carbonyl (C=O) groups is 1. The van der Waals surface area contributed by atoms with E-state index in [1.807, 2.05) is 6.92 Å². The van der Waals surface area contributed by atoms with Crippen molar-refractivity contribution in [2.45, 2.75) is 6.92 Å². The van der Waals surface area contributed by atoms with Gasteiger partial charge in [0.15, 0.2) is 0 Å². The number of halogens is 1. The standard InChI is InChI=1S/C15H14ClNO3/c1-9-3-5-11(13(18)7-9)15(19)17-12-8-10(16)4-6-14(12)20-2/h3-8,18H,1-2H3,(H,17,19). The Balaban J connectivity index is 2.30. The van der Waals surface area contributed by atoms with Crippen LogP contribution in [0.5, 0.6) is 11.5 Å². The summed E-state index contributed by atoms with van der Waals surface area (Å²) in [7, 11) is 1.50. The number of anilines is 1. The van der Waals surface area contributed by atoms with Crippen molar-refractivity contribution >= 4 is 23.2 Å². The molecule has 2 aromatic carbocycles. The van der Waals surface area contributed by atoms with Crippen LogP contribution in [0.1, 0.15) is 15.9 Å². The first kappa shape index (κ1) is 14.2. The lowest BCUT2D eigenvalue weighted by atomic mass is 10.1. The van der Waals surface area contributed by atoms with E-state index < -0.39 is 5.91 Å². The summed E-state index contributed by atoms with van der Waals surface area (Å²) in [6.45, 7) is 1.83. The zero-order chi connectivity index (χ0) is 14.7. The van der Waals surface area contributed by atoms with Gasteiger partial charge in [0.05, 0.1) is 18.4 Å². The Morgan fingerprint density at radius 3 is 2.65 bits per heavy atom. The summed E-state index contributed by atoms with van der Waals surface area (Å²) in [5.41, 5.74) is 1.52. The Labute approximate surface area is 122 Å². The summed E-state index contributed by atoms with van der Waals surface area (Å²) >= 11 is 5.90. The monoisotopic (exact) mass is 291 g/mol. The van der Waals surface area contributed by atoms with Gasteiger partial charge in [0.1, 0.15) is 11.5 Å². The average molecular weight is 292 g/mol. The Hall–Kier alpha value is -2.20. The number of hydrogen-bond donors (Lipinski definition) is 2. The summed E-state index contributed by atoms with van der Waals surface area (Å²) in [5.74, 6) is 0.000845. The molecule has 0 aliphatic rings. The van der Waals surface area contributed by atoms with Crippen LogP contribution in [0.15, 0.2) is 36.4 Å². The van der Waals surface area contributed by atoms with Gasteiger partial charge in [0.25, 0.3) is 5.91 Å². The summed E-state index contributed by atoms with van der Waals surface area (Å²) < 4.78 is 5.15. The Morgan fingerprint density at radius 2 is 2.00 bits per heavy atom. The van der Waals surface area contributed by atoms with Crippen LogP contribution in [0, 0.1) is 6.92 Å². The van der Waals surface area contributed by atoms with Gasteiger partial charge in [0.2, 0.25) is 0 Å². The average Bonchev–Trinajstić information content (AvgIpc) is 2.38. The van der Waals surface area contributed by atoms with Crippen molar-refractivity contribution in [3.63, 3.8) is 0 Å². The molecule has 0 bridgehead atoms. The summed E-state index contributed by atoms with van der Waals surface area (Å²) in [6.07, 6.45) is 0. The fraction of sp³-hybridized carbons (Fsp3) is 0.133. The van der Waals surface area contributed by atoms with Crippen LogP contribution in [0.25, 0.3) is 0 Å². The van der Waals surface area contributed by atoms with Crippen LogP contribution < -0.4 is 10.1 Å². The third kappa shape index (κ3) is 3.03. The zero-order valence-corrected chi connectivity index (χ0v) is 11.9. The maximum absolute atomic E-state index is 12.2. The second kappa shape index (κ2) is 5.84. The molecule has 2 N–H and O–H groups in total. The number of ether oxygens (including phenoxy) is 1. The topological polar surface area (TPSA) is 58.6 Å². The third-order valence-corrected chi connectivity index (χ3v) is 3.04. The molecular weight excluding hydrogens is 278 g/mol. The van der Waals surface area contributed by atoms with Crippen molar-refractivity contribution in [2.24, 2.45) is 0 Å². The lowest BCUT2D eigenvalue weighted by Gasteiger charge is -2.11. The van der Waals surface area contributed by atoms with E-state index in [0.717, 1.165) is 5.56 Å². The van der Waals surface area contributed by atoms with Gasteiger partial charge in [-0.15, -0.1) is 0 Å². The molecular formula is C15H14ClNO3. The van der Waals surface area contributed by atoms with Crippen LogP contribution in [0.3, 0.4) is 0 Å². The lowest BCUT2D eigenvalue weighted by Crippen LogP contribution is -2.13. The highest BCUT2D eigenvalue weighted by molar-refractivity contribution is 6.31. The zero-order valence-electron chi connectivity index (χ0n) is 11.1. The smallest absolute Gasteiger partial charge is 0.259 e. The van der Waals surface area contributed by atoms with Gasteiger partial charge < -0.3 is 15.2 Å². The fourth-order valence-electron chi connectivity index (χ4n) is 1.80. The van der Waals surface area contributed by atoms with Gasteiger partial charge in [-0.05, 0) is 42.8 Å². The number of benzene rings is 2. The van der Waals surface area contributed by atoms with Crippen LogP contribution in [0.2, 0.25) is 5.02 Å². The molecule has 1 amide bonds. The molecule has 0 saturated carbocycles. The third-order valence-electron chi connectivity index (χ3n) is 2.81. The SMILES string of the molecule is COc1ccc(Cl)cc1NC(=O)c1ccc(C)cc1O. The van der Waals surface area contributed by atoms with E-state index in [9.17, 15) is 9.90 Å². The molecule has 0 spiro atoms. The van der Waals surface area contributed by atoms with E-state index in [4.69, 9.17) is 16.3 Å². The number of hydrogen-bond acceptors (Lipinski definition) is 3. The second-order valence-corrected chi connectivity index (χ2v) is 4.76. The lowest BCUT2D eigenvalue weighted by molar-refractivity contribution is 0.102. The fourth-order valence-corrected chi connectivity index (χ4v) is 1.97. The Morgan fingerprint density at radius 1 is 1.25 bits per heavy atom. The van der Waals surface area contributed by atoms with Gasteiger partial charge >= 0.3 is 0 Å². The number of phenols is 1. The molecule has 0 fully saturated rings. The molecule has 0 aliphatic carbocycles. The summed E-state index contributed by atoms with van der Waals surface area (Å²) in [4.78, 5) is 12.2. The Bertz CT molecular complexity index is 656. The highest BCUT2D eigenvalue weighted by Crippen LogP contribution is 2.29. The maximum atomic E-state index is 12.2. The predicted octanol–water partition coefficient (Wildman–Crippen LogP) is 3.61. The number of rotatable bonds is 3. The largest absolute Gasteiger partial charge is 0.507 e. The van der Waals surface area contributed by atoms with Crippen LogP contribution >= 0.6 is 11.6 Å². The molecule has 0 saturated heterocycles. The minimum atomic E-state index is -0.428. The molecule has 2 rings (SSSR count). The van der Waals surface area contributed by atoms with Crippen LogP contribution in [0.4, 0.5) is 5.69 Å². The van der Waals surface area contributed by atoms with E-state index in [2.05, 4.69) is 5.32 Å². The number of methoxy groups -OCH3 is 1. The van der Waals surface area contributed by atoms with Gasteiger partial charge in [-0.25, -0.2) is 0 Å². The first-order valence-corrected chi connectivity index (χ1v) is 6.33. The molecule has 20 heavy (non-hydrogen) atoms. The highest BCUT2D eigenvalue weighted by Gasteiger charge is 2.13. The van der Waals surface area contributed by atoms with E-state index in [0.29, 0.717) is 16.5 Å². The van der Waals surface area contributed by atoms with Crippen molar-refractivity contribution in [2.75, 3.05) is 12.4 Å². The molecule has 0 atom stereocenters. The molecule has 104 valence electrons. The van der Waals surface area contributed by atoms with Gasteiger partial charge in [0, 0.05) is 5.02 Å². The van der Waals surface area contributed by atoms with E-state index >= 15 is 0 Å². The first-order chi connectivity index (χ1) is 9.51. The van der Waals surface area contributed by atoms with Crippen molar-refractivity contribution in [1.82, 2.24) is 0 Å². The van der Waals surface area contributed by atoms with Crippen molar-refractivity contribution in [3.8, 4) is 11.5 Å². The number of aryl methyl sites for hydroxylation is 1. The summed E-state index contributed by atoms with van der Waals surface area (Å²) in [6, 6.07) is 9.76. The second-order valence-electron chi connectivity index (χ2n) is 4.32. The molecule has 0 radical (unpaired) electrons. The van der Waals surface area contributed by atoms with Crippen molar-refractivity contribution < 1.29 is 14.6 Å². The molecule has 4 nitrogen and oxygen atoms in total. The number of carbonyl (C=O) groups excluding carboxylic acids is 1. The van der Waals surface area contributed by atoms with Gasteiger partial charge in [-0.3, -0.25) is 4.79 Å². The molecule has 5 heteroatoms. The van der Waals surface area contributed by atoms with Crippen molar-refractivity contribution in [3.05, 3.63) is 52.5 Å². The molecule has 0 aromatic heterocycles. The number of phenolic OH excluding ortho intramolecular Hbond substituents is 1. The number of aromatic hydroxyl groups is 1. The molecule has 2 aromatic rings. The predicted molar refractivity (Wildman–Crippen MR) is 78.8 cm³/mol. The maximum Gasteiger partial charge on any atom is 0.259 e. The van der Waals surface area contributed by atoms with Crippen LogP contribution in [-0.4, -0.2) is 18.1 Å². The normalized spacial score (nSPS) is 10.2. The number of amides is 1. The number of nitrogens with one attached hydrogen (secondary N) is 1. The first-order valence-electron chi connectivity index (χ1n) is 5.96. The van der Waals surface area contributed by atoms with E-state index in [-0.39, 0.29) is 11.3 Å². The van der Waals surface area contributed by atoms with Crippen LogP contribution in [-0.2, 0) is 0 Å².